The molecule has 3 rings (SSSR count). The van der Waals surface area contributed by atoms with Crippen LogP contribution >= 0.6 is 0 Å². The van der Waals surface area contributed by atoms with Gasteiger partial charge < -0.3 is 9.59 Å². The number of carbonyl (C=O) groups excluding carboxylic acids is 2. The third kappa shape index (κ3) is 1.50. The average molecular weight is 237 g/mol. The van der Waals surface area contributed by atoms with Gasteiger partial charge in [-0.25, -0.2) is 0 Å². The fraction of sp³-hybridized carbons (Fsp3) is 0.846. The van der Waals surface area contributed by atoms with Gasteiger partial charge in [-0.3, -0.25) is 4.84 Å². The Kier molecular flexibility index (Phi) is 2.79. The predicted molar refractivity (Wildman–Crippen MR) is 61.2 cm³/mol. The summed E-state index contributed by atoms with van der Waals surface area (Å²) in [5.41, 5.74) is -0.0867. The van der Waals surface area contributed by atoms with Gasteiger partial charge >= 0.3 is 0 Å². The molecule has 4 nitrogen and oxygen atoms in total. The Morgan fingerprint density at radius 1 is 1.24 bits per heavy atom. The molecule has 0 amide bonds. The summed E-state index contributed by atoms with van der Waals surface area (Å²) in [6, 6.07) is 0.187. The maximum atomic E-state index is 11.4. The van der Waals surface area contributed by atoms with Crippen molar-refractivity contribution in [3.05, 3.63) is 0 Å². The van der Waals surface area contributed by atoms with E-state index in [1.165, 1.54) is 0 Å². The Morgan fingerprint density at radius 2 is 2.00 bits per heavy atom. The molecule has 4 atom stereocenters. The van der Waals surface area contributed by atoms with Crippen molar-refractivity contribution in [1.29, 1.82) is 0 Å². The maximum absolute atomic E-state index is 11.4. The summed E-state index contributed by atoms with van der Waals surface area (Å²) >= 11 is 0. The van der Waals surface area contributed by atoms with Gasteiger partial charge in [0.25, 0.3) is 0 Å². The van der Waals surface area contributed by atoms with Gasteiger partial charge in [0.05, 0.1) is 17.6 Å². The molecule has 2 aliphatic heterocycles. The van der Waals surface area contributed by atoms with Crippen LogP contribution in [0.2, 0.25) is 0 Å². The molecule has 2 heterocycles. The van der Waals surface area contributed by atoms with Gasteiger partial charge in [0.1, 0.15) is 12.6 Å². The Morgan fingerprint density at radius 3 is 2.71 bits per heavy atom. The fourth-order valence-corrected chi connectivity index (χ4v) is 4.08. The van der Waals surface area contributed by atoms with E-state index in [4.69, 9.17) is 4.84 Å². The van der Waals surface area contributed by atoms with Crippen LogP contribution in [0, 0.1) is 5.92 Å². The van der Waals surface area contributed by atoms with Crippen molar-refractivity contribution in [2.45, 2.75) is 62.6 Å². The number of nitrogens with zero attached hydrogens (tertiary/aromatic N) is 1. The summed E-state index contributed by atoms with van der Waals surface area (Å²) in [5, 5.41) is 2.04. The van der Waals surface area contributed by atoms with Crippen LogP contribution in [0.25, 0.3) is 0 Å². The molecule has 2 bridgehead atoms. The molecule has 0 unspecified atom stereocenters. The lowest BCUT2D eigenvalue weighted by Crippen LogP contribution is -2.56. The van der Waals surface area contributed by atoms with Crippen molar-refractivity contribution in [2.24, 2.45) is 5.92 Å². The molecular formula is C13H19NO3. The normalized spacial score (nSPS) is 45.3. The van der Waals surface area contributed by atoms with E-state index in [0.29, 0.717) is 6.42 Å². The Bertz CT molecular complexity index is 329. The molecule has 3 fully saturated rings. The van der Waals surface area contributed by atoms with E-state index in [9.17, 15) is 9.59 Å². The van der Waals surface area contributed by atoms with Gasteiger partial charge in [0.15, 0.2) is 0 Å². The van der Waals surface area contributed by atoms with E-state index in [2.05, 4.69) is 0 Å². The molecule has 0 radical (unpaired) electrons. The van der Waals surface area contributed by atoms with E-state index < -0.39 is 0 Å². The van der Waals surface area contributed by atoms with E-state index >= 15 is 0 Å². The first kappa shape index (κ1) is 11.4. The van der Waals surface area contributed by atoms with Gasteiger partial charge in [-0.2, -0.15) is 5.06 Å². The van der Waals surface area contributed by atoms with Crippen LogP contribution in [0.15, 0.2) is 0 Å². The van der Waals surface area contributed by atoms with Crippen LogP contribution in [-0.2, 0) is 14.4 Å². The first-order valence-corrected chi connectivity index (χ1v) is 6.67. The number of fused-ring (bicyclic) bond motifs is 1. The molecular weight excluding hydrogens is 218 g/mol. The van der Waals surface area contributed by atoms with E-state index in [1.54, 1.807) is 0 Å². The second kappa shape index (κ2) is 4.18. The van der Waals surface area contributed by atoms with Gasteiger partial charge in [-0.15, -0.1) is 0 Å². The van der Waals surface area contributed by atoms with Crippen LogP contribution < -0.4 is 0 Å². The predicted octanol–water partition coefficient (Wildman–Crippen LogP) is 1.48. The highest BCUT2D eigenvalue weighted by Crippen LogP contribution is 2.52. The molecule has 1 saturated carbocycles. The van der Waals surface area contributed by atoms with Crippen molar-refractivity contribution in [1.82, 2.24) is 5.06 Å². The number of hydrogen-bond acceptors (Lipinski definition) is 4. The van der Waals surface area contributed by atoms with Crippen LogP contribution in [0.4, 0.5) is 0 Å². The van der Waals surface area contributed by atoms with Crippen molar-refractivity contribution >= 4 is 12.6 Å². The lowest BCUT2D eigenvalue weighted by molar-refractivity contribution is -0.221. The summed E-state index contributed by atoms with van der Waals surface area (Å²) in [7, 11) is 0. The zero-order valence-corrected chi connectivity index (χ0v) is 10.0. The highest BCUT2D eigenvalue weighted by Gasteiger charge is 2.59. The molecule has 2 saturated heterocycles. The molecule has 0 N–H and O–H groups in total. The minimum Gasteiger partial charge on any atom is -0.303 e. The first-order valence-electron chi connectivity index (χ1n) is 6.67. The molecule has 1 aliphatic carbocycles. The monoisotopic (exact) mass is 237 g/mol. The molecule has 0 aromatic carbocycles. The Balaban J connectivity index is 1.92. The summed E-state index contributed by atoms with van der Waals surface area (Å²) < 4.78 is 0. The Hall–Kier alpha value is -0.740. The lowest BCUT2D eigenvalue weighted by atomic mass is 9.68. The molecule has 0 aromatic rings. The highest BCUT2D eigenvalue weighted by molar-refractivity contribution is 5.59. The van der Waals surface area contributed by atoms with Crippen molar-refractivity contribution in [2.75, 3.05) is 0 Å². The van der Waals surface area contributed by atoms with Crippen molar-refractivity contribution < 1.29 is 14.4 Å². The lowest BCUT2D eigenvalue weighted by Gasteiger charge is -2.47. The number of piperidine rings is 1. The van der Waals surface area contributed by atoms with Gasteiger partial charge in [-0.05, 0) is 38.5 Å². The molecule has 3 aliphatic rings. The van der Waals surface area contributed by atoms with Crippen molar-refractivity contribution in [3.63, 3.8) is 0 Å². The number of aldehydes is 2. The summed E-state index contributed by atoms with van der Waals surface area (Å²) in [4.78, 5) is 28.1. The van der Waals surface area contributed by atoms with Crippen LogP contribution in [-0.4, -0.2) is 35.3 Å². The number of hydrogen-bond donors (Lipinski definition) is 0. The maximum Gasteiger partial charge on any atom is 0.127 e. The quantitative estimate of drug-likeness (QED) is 0.698. The van der Waals surface area contributed by atoms with Gasteiger partial charge in [-0.1, -0.05) is 0 Å². The highest BCUT2D eigenvalue weighted by atomic mass is 16.7. The number of hydroxylamine groups is 2. The van der Waals surface area contributed by atoms with E-state index in [1.807, 2.05) is 5.06 Å². The molecule has 94 valence electrons. The zero-order chi connectivity index (χ0) is 11.9. The van der Waals surface area contributed by atoms with E-state index in [-0.39, 0.29) is 23.6 Å². The summed E-state index contributed by atoms with van der Waals surface area (Å²) in [6.07, 6.45) is 8.99. The minimum atomic E-state index is -0.0867. The van der Waals surface area contributed by atoms with Crippen LogP contribution in [0.3, 0.4) is 0 Å². The van der Waals surface area contributed by atoms with Crippen molar-refractivity contribution in [3.8, 4) is 0 Å². The fourth-order valence-electron chi connectivity index (χ4n) is 4.08. The molecule has 17 heavy (non-hydrogen) atoms. The smallest absolute Gasteiger partial charge is 0.127 e. The second-order valence-electron chi connectivity index (χ2n) is 5.58. The SMILES string of the molecule is O=CC[C@@H]1CCC[C@]23CCC[C@H](ON12)[C@H]3C=O. The zero-order valence-electron chi connectivity index (χ0n) is 10.0. The van der Waals surface area contributed by atoms with Gasteiger partial charge in [0, 0.05) is 12.5 Å². The standard InChI is InChI=1S/C13H19NO3/c15-8-5-10-3-1-6-13-7-2-4-12(11(13)9-16)17-14(10)13/h8-12H,1-7H2/t10-,11+,12-,13+/m0/s1. The average Bonchev–Trinajstić information content (AvgIpc) is 2.51. The van der Waals surface area contributed by atoms with E-state index in [0.717, 1.165) is 51.1 Å². The van der Waals surface area contributed by atoms with Gasteiger partial charge in [0.2, 0.25) is 0 Å². The molecule has 4 heteroatoms. The number of carbonyl (C=O) groups is 2. The minimum absolute atomic E-state index is 0.0192. The summed E-state index contributed by atoms with van der Waals surface area (Å²) in [5.74, 6) is 0.0192. The second-order valence-corrected chi connectivity index (χ2v) is 5.58. The molecule has 0 aromatic heterocycles. The topological polar surface area (TPSA) is 46.6 Å². The van der Waals surface area contributed by atoms with Crippen LogP contribution in [0.1, 0.15) is 44.9 Å². The first-order chi connectivity index (χ1) is 8.31. The third-order valence-electron chi connectivity index (χ3n) is 4.80. The molecule has 1 spiro atoms. The largest absolute Gasteiger partial charge is 0.303 e. The van der Waals surface area contributed by atoms with Crippen LogP contribution in [0.5, 0.6) is 0 Å². The number of rotatable bonds is 3. The third-order valence-corrected chi connectivity index (χ3v) is 4.80. The summed E-state index contributed by atoms with van der Waals surface area (Å²) in [6.45, 7) is 0. The Labute approximate surface area is 101 Å².